The number of hydrogen-bond acceptors (Lipinski definition) is 4. The Morgan fingerprint density at radius 2 is 1.77 bits per heavy atom. The van der Waals surface area contributed by atoms with Crippen molar-refractivity contribution >= 4 is 40.5 Å². The van der Waals surface area contributed by atoms with Gasteiger partial charge in [-0.2, -0.15) is 5.26 Å². The fourth-order valence-corrected chi connectivity index (χ4v) is 2.30. The van der Waals surface area contributed by atoms with Crippen LogP contribution < -0.4 is 0 Å². The summed E-state index contributed by atoms with van der Waals surface area (Å²) in [5, 5.41) is 8.77. The molecular weight excluding hydrogens is 391 g/mol. The molecule has 5 heteroatoms. The summed E-state index contributed by atoms with van der Waals surface area (Å²) in [6.07, 6.45) is 1.64. The lowest BCUT2D eigenvalue weighted by Crippen LogP contribution is -2.05. The van der Waals surface area contributed by atoms with E-state index in [1.807, 2.05) is 30.3 Å². The third kappa shape index (κ3) is 3.07. The van der Waals surface area contributed by atoms with Gasteiger partial charge >= 0.3 is 5.97 Å². The number of carbonyl (C=O) groups excluding carboxylic acids is 1. The highest BCUT2D eigenvalue weighted by Gasteiger charge is 2.23. The average Bonchev–Trinajstić information content (AvgIpc) is 2.90. The van der Waals surface area contributed by atoms with Crippen molar-refractivity contribution in [3.8, 4) is 6.07 Å². The summed E-state index contributed by atoms with van der Waals surface area (Å²) in [5.41, 5.74) is 2.37. The van der Waals surface area contributed by atoms with Crippen molar-refractivity contribution in [3.05, 3.63) is 74.5 Å². The van der Waals surface area contributed by atoms with Crippen molar-refractivity contribution in [2.75, 3.05) is 0 Å². The van der Waals surface area contributed by atoms with E-state index in [4.69, 9.17) is 10.00 Å². The molecular formula is C17H9IN2O2. The van der Waals surface area contributed by atoms with Gasteiger partial charge in [-0.1, -0.05) is 12.1 Å². The standard InChI is InChI=1S/C17H9IN2O2/c18-14-7-5-13(6-8-14)16-20-15(17(21)22-16)9-11-1-3-12(10-19)4-2-11/h1-9H/b15-9-. The molecule has 0 radical (unpaired) electrons. The van der Waals surface area contributed by atoms with Crippen molar-refractivity contribution in [2.45, 2.75) is 0 Å². The number of aliphatic imine (C=N–C) groups is 1. The largest absolute Gasteiger partial charge is 0.402 e. The number of halogens is 1. The Morgan fingerprint density at radius 3 is 2.41 bits per heavy atom. The Bertz CT molecular complexity index is 828. The smallest absolute Gasteiger partial charge is 0.363 e. The number of cyclic esters (lactones) is 1. The van der Waals surface area contributed by atoms with Gasteiger partial charge in [-0.25, -0.2) is 9.79 Å². The number of carbonyl (C=O) groups is 1. The summed E-state index contributed by atoms with van der Waals surface area (Å²) in [6, 6.07) is 16.5. The maximum absolute atomic E-state index is 11.9. The molecule has 0 aliphatic carbocycles. The van der Waals surface area contributed by atoms with Crippen LogP contribution in [0.5, 0.6) is 0 Å². The second kappa shape index (κ2) is 6.12. The SMILES string of the molecule is N#Cc1ccc(/C=C2\N=C(c3ccc(I)cc3)OC2=O)cc1. The third-order valence-corrected chi connectivity index (χ3v) is 3.77. The highest BCUT2D eigenvalue weighted by atomic mass is 127. The number of esters is 1. The van der Waals surface area contributed by atoms with Crippen molar-refractivity contribution < 1.29 is 9.53 Å². The van der Waals surface area contributed by atoms with Gasteiger partial charge in [-0.3, -0.25) is 0 Å². The second-order valence-corrected chi connectivity index (χ2v) is 5.82. The summed E-state index contributed by atoms with van der Waals surface area (Å²) in [4.78, 5) is 16.1. The zero-order valence-electron chi connectivity index (χ0n) is 11.3. The Hall–Kier alpha value is -2.46. The predicted molar refractivity (Wildman–Crippen MR) is 90.9 cm³/mol. The number of nitrogens with zero attached hydrogens (tertiary/aromatic N) is 2. The fraction of sp³-hybridized carbons (Fsp3) is 0. The van der Waals surface area contributed by atoms with Gasteiger partial charge in [0.15, 0.2) is 5.70 Å². The molecule has 0 N–H and O–H groups in total. The van der Waals surface area contributed by atoms with Gasteiger partial charge < -0.3 is 4.74 Å². The molecule has 4 nitrogen and oxygen atoms in total. The molecule has 1 aliphatic rings. The highest BCUT2D eigenvalue weighted by molar-refractivity contribution is 14.1. The predicted octanol–water partition coefficient (Wildman–Crippen LogP) is 3.51. The van der Waals surface area contributed by atoms with Crippen LogP contribution >= 0.6 is 22.6 Å². The molecule has 0 saturated heterocycles. The van der Waals surface area contributed by atoms with Crippen LogP contribution in [0.2, 0.25) is 0 Å². The lowest BCUT2D eigenvalue weighted by atomic mass is 10.1. The molecule has 0 amide bonds. The maximum Gasteiger partial charge on any atom is 0.363 e. The summed E-state index contributed by atoms with van der Waals surface area (Å²) in [5.74, 6) is -0.167. The minimum absolute atomic E-state index is 0.248. The van der Waals surface area contributed by atoms with E-state index in [1.165, 1.54) is 0 Å². The highest BCUT2D eigenvalue weighted by Crippen LogP contribution is 2.20. The van der Waals surface area contributed by atoms with Crippen LogP contribution in [0.3, 0.4) is 0 Å². The first-order chi connectivity index (χ1) is 10.7. The normalized spacial score (nSPS) is 15.4. The topological polar surface area (TPSA) is 62.4 Å². The van der Waals surface area contributed by atoms with E-state index in [0.717, 1.165) is 14.7 Å². The molecule has 1 heterocycles. The summed E-state index contributed by atoms with van der Waals surface area (Å²) in [7, 11) is 0. The molecule has 2 aromatic carbocycles. The van der Waals surface area contributed by atoms with Crippen molar-refractivity contribution in [1.29, 1.82) is 5.26 Å². The minimum Gasteiger partial charge on any atom is -0.402 e. The van der Waals surface area contributed by atoms with E-state index in [9.17, 15) is 4.79 Å². The van der Waals surface area contributed by atoms with Gasteiger partial charge in [0, 0.05) is 9.13 Å². The lowest BCUT2D eigenvalue weighted by Gasteiger charge is -1.98. The molecule has 0 spiro atoms. The zero-order chi connectivity index (χ0) is 15.5. The average molecular weight is 400 g/mol. The molecule has 0 atom stereocenters. The van der Waals surface area contributed by atoms with Gasteiger partial charge in [-0.05, 0) is 70.6 Å². The Morgan fingerprint density at radius 1 is 1.09 bits per heavy atom. The first-order valence-electron chi connectivity index (χ1n) is 6.44. The van der Waals surface area contributed by atoms with Crippen LogP contribution in [0.15, 0.2) is 59.2 Å². The van der Waals surface area contributed by atoms with E-state index < -0.39 is 5.97 Å². The number of hydrogen-bond donors (Lipinski definition) is 0. The van der Waals surface area contributed by atoms with Crippen LogP contribution in [0.25, 0.3) is 6.08 Å². The summed E-state index contributed by atoms with van der Waals surface area (Å²) in [6.45, 7) is 0. The third-order valence-electron chi connectivity index (χ3n) is 3.05. The van der Waals surface area contributed by atoms with E-state index in [0.29, 0.717) is 11.5 Å². The fourth-order valence-electron chi connectivity index (χ4n) is 1.94. The summed E-state index contributed by atoms with van der Waals surface area (Å²) >= 11 is 2.21. The van der Waals surface area contributed by atoms with E-state index in [1.54, 1.807) is 30.3 Å². The van der Waals surface area contributed by atoms with E-state index in [2.05, 4.69) is 27.6 Å². The molecule has 0 bridgehead atoms. The number of nitriles is 1. The van der Waals surface area contributed by atoms with Gasteiger partial charge in [0.25, 0.3) is 0 Å². The Labute approximate surface area is 140 Å². The van der Waals surface area contributed by atoms with Crippen LogP contribution in [0, 0.1) is 14.9 Å². The maximum atomic E-state index is 11.9. The number of benzene rings is 2. The molecule has 0 saturated carbocycles. The zero-order valence-corrected chi connectivity index (χ0v) is 13.4. The molecule has 3 rings (SSSR count). The molecule has 1 aliphatic heterocycles. The van der Waals surface area contributed by atoms with Crippen molar-refractivity contribution in [2.24, 2.45) is 4.99 Å². The van der Waals surface area contributed by atoms with Gasteiger partial charge in [0.1, 0.15) is 0 Å². The molecule has 106 valence electrons. The first-order valence-corrected chi connectivity index (χ1v) is 7.52. The van der Waals surface area contributed by atoms with Crippen molar-refractivity contribution in [1.82, 2.24) is 0 Å². The van der Waals surface area contributed by atoms with Crippen LogP contribution in [0.4, 0.5) is 0 Å². The van der Waals surface area contributed by atoms with Crippen molar-refractivity contribution in [3.63, 3.8) is 0 Å². The minimum atomic E-state index is -0.474. The van der Waals surface area contributed by atoms with Gasteiger partial charge in [0.05, 0.1) is 11.6 Å². The Kier molecular flexibility index (Phi) is 4.02. The first kappa shape index (κ1) is 14.5. The van der Waals surface area contributed by atoms with Crippen LogP contribution in [-0.2, 0) is 9.53 Å². The number of ether oxygens (including phenoxy) is 1. The van der Waals surface area contributed by atoms with Gasteiger partial charge in [0.2, 0.25) is 5.90 Å². The summed E-state index contributed by atoms with van der Waals surface area (Å²) < 4.78 is 6.30. The number of rotatable bonds is 2. The van der Waals surface area contributed by atoms with E-state index in [-0.39, 0.29) is 5.70 Å². The lowest BCUT2D eigenvalue weighted by molar-refractivity contribution is -0.129. The van der Waals surface area contributed by atoms with Gasteiger partial charge in [-0.15, -0.1) is 0 Å². The molecule has 22 heavy (non-hydrogen) atoms. The molecule has 2 aromatic rings. The molecule has 0 fully saturated rings. The van der Waals surface area contributed by atoms with Crippen LogP contribution in [0.1, 0.15) is 16.7 Å². The molecule has 0 aromatic heterocycles. The molecule has 0 unspecified atom stereocenters. The quantitative estimate of drug-likeness (QED) is 0.441. The van der Waals surface area contributed by atoms with E-state index >= 15 is 0 Å². The Balaban J connectivity index is 1.90. The second-order valence-electron chi connectivity index (χ2n) is 4.58. The monoisotopic (exact) mass is 400 g/mol. The van der Waals surface area contributed by atoms with Crippen LogP contribution in [-0.4, -0.2) is 11.9 Å².